The van der Waals surface area contributed by atoms with Crippen molar-refractivity contribution >= 4 is 13.2 Å². The second kappa shape index (κ2) is 5.47. The fourth-order valence-corrected chi connectivity index (χ4v) is 6.29. The Morgan fingerprint density at radius 3 is 1.29 bits per heavy atom. The van der Waals surface area contributed by atoms with Crippen LogP contribution >= 0.6 is 7.92 Å². The van der Waals surface area contributed by atoms with Gasteiger partial charge >= 0.3 is 0 Å². The van der Waals surface area contributed by atoms with Gasteiger partial charge in [-0.2, -0.15) is 0 Å². The standard InChI is InChI=1S/C20H17P/c1-4-10-16(11-5-1)19-20(17-12-6-2-7-13-17)21(19)18-14-8-3-9-15-18/h1-15,19-20H/t19-,20-/m1/s1. The lowest BCUT2D eigenvalue weighted by atomic mass is 10.0. The second-order valence-corrected chi connectivity index (χ2v) is 7.90. The van der Waals surface area contributed by atoms with E-state index in [1.54, 1.807) is 0 Å². The fourth-order valence-electron chi connectivity index (χ4n) is 3.14. The first-order valence-electron chi connectivity index (χ1n) is 7.38. The van der Waals surface area contributed by atoms with E-state index in [4.69, 9.17) is 0 Å². The largest absolute Gasteiger partial charge is 0.0622 e. The lowest BCUT2D eigenvalue weighted by molar-refractivity contribution is 1.03. The molecule has 0 radical (unpaired) electrons. The van der Waals surface area contributed by atoms with Gasteiger partial charge in [0.25, 0.3) is 0 Å². The van der Waals surface area contributed by atoms with Gasteiger partial charge < -0.3 is 0 Å². The first kappa shape index (κ1) is 12.8. The van der Waals surface area contributed by atoms with Gasteiger partial charge in [0.2, 0.25) is 0 Å². The van der Waals surface area contributed by atoms with E-state index in [9.17, 15) is 0 Å². The highest BCUT2D eigenvalue weighted by Crippen LogP contribution is 2.83. The van der Waals surface area contributed by atoms with Crippen LogP contribution in [0.15, 0.2) is 91.0 Å². The maximum atomic E-state index is 2.30. The highest BCUT2D eigenvalue weighted by atomic mass is 31.1. The van der Waals surface area contributed by atoms with Gasteiger partial charge in [-0.3, -0.25) is 0 Å². The van der Waals surface area contributed by atoms with Crippen molar-refractivity contribution in [3.63, 3.8) is 0 Å². The lowest BCUT2D eigenvalue weighted by Crippen LogP contribution is -1.91. The quantitative estimate of drug-likeness (QED) is 0.574. The molecule has 0 N–H and O–H groups in total. The third-order valence-electron chi connectivity index (χ3n) is 4.15. The van der Waals surface area contributed by atoms with E-state index in [2.05, 4.69) is 91.0 Å². The predicted octanol–water partition coefficient (Wildman–Crippen LogP) is 5.29. The predicted molar refractivity (Wildman–Crippen MR) is 91.4 cm³/mol. The summed E-state index contributed by atoms with van der Waals surface area (Å²) in [6, 6.07) is 33.0. The molecule has 1 aliphatic heterocycles. The Morgan fingerprint density at radius 2 is 0.857 bits per heavy atom. The van der Waals surface area contributed by atoms with Crippen molar-refractivity contribution in [3.8, 4) is 0 Å². The first-order valence-corrected chi connectivity index (χ1v) is 8.86. The van der Waals surface area contributed by atoms with Crippen LogP contribution in [0.1, 0.15) is 22.4 Å². The van der Waals surface area contributed by atoms with Crippen LogP contribution in [-0.2, 0) is 0 Å². The summed E-state index contributed by atoms with van der Waals surface area (Å²) in [7, 11) is -0.125. The lowest BCUT2D eigenvalue weighted by Gasteiger charge is -2.00. The van der Waals surface area contributed by atoms with Gasteiger partial charge in [-0.05, 0) is 16.4 Å². The van der Waals surface area contributed by atoms with Crippen LogP contribution in [0.4, 0.5) is 0 Å². The minimum Gasteiger partial charge on any atom is -0.0622 e. The molecule has 0 amide bonds. The average molecular weight is 288 g/mol. The summed E-state index contributed by atoms with van der Waals surface area (Å²) in [5.74, 6) is 0. The highest BCUT2D eigenvalue weighted by Gasteiger charge is 2.51. The van der Waals surface area contributed by atoms with Gasteiger partial charge in [0, 0.05) is 11.3 Å². The maximum Gasteiger partial charge on any atom is 0.0199 e. The van der Waals surface area contributed by atoms with Crippen LogP contribution < -0.4 is 5.30 Å². The number of hydrogen-bond acceptors (Lipinski definition) is 0. The summed E-state index contributed by atoms with van der Waals surface area (Å²) >= 11 is 0. The molecule has 1 saturated heterocycles. The van der Waals surface area contributed by atoms with Crippen molar-refractivity contribution in [2.24, 2.45) is 0 Å². The number of benzene rings is 3. The summed E-state index contributed by atoms with van der Waals surface area (Å²) in [6.07, 6.45) is 0. The minimum atomic E-state index is -0.125. The summed E-state index contributed by atoms with van der Waals surface area (Å²) in [5.41, 5.74) is 4.32. The Morgan fingerprint density at radius 1 is 0.476 bits per heavy atom. The van der Waals surface area contributed by atoms with E-state index in [0.717, 1.165) is 0 Å². The third-order valence-corrected chi connectivity index (χ3v) is 7.09. The van der Waals surface area contributed by atoms with Gasteiger partial charge in [0.1, 0.15) is 0 Å². The van der Waals surface area contributed by atoms with E-state index in [1.807, 2.05) is 0 Å². The smallest absolute Gasteiger partial charge is 0.0199 e. The van der Waals surface area contributed by atoms with Crippen molar-refractivity contribution in [3.05, 3.63) is 102 Å². The molecule has 0 aromatic heterocycles. The normalized spacial score (nSPS) is 23.7. The molecule has 4 rings (SSSR count). The molecule has 3 aromatic rings. The van der Waals surface area contributed by atoms with Gasteiger partial charge in [0.05, 0.1) is 0 Å². The molecule has 1 aliphatic rings. The molecule has 0 unspecified atom stereocenters. The zero-order valence-electron chi connectivity index (χ0n) is 11.8. The van der Waals surface area contributed by atoms with Crippen molar-refractivity contribution in [1.29, 1.82) is 0 Å². The molecule has 2 atom stereocenters. The summed E-state index contributed by atoms with van der Waals surface area (Å²) in [5, 5.41) is 1.52. The van der Waals surface area contributed by atoms with E-state index < -0.39 is 0 Å². The number of hydrogen-bond donors (Lipinski definition) is 0. The van der Waals surface area contributed by atoms with Crippen LogP contribution in [0.2, 0.25) is 0 Å². The maximum absolute atomic E-state index is 2.30. The molecule has 21 heavy (non-hydrogen) atoms. The topological polar surface area (TPSA) is 0 Å². The van der Waals surface area contributed by atoms with Crippen LogP contribution in [-0.4, -0.2) is 0 Å². The summed E-state index contributed by atoms with van der Waals surface area (Å²) in [6.45, 7) is 0. The fraction of sp³-hybridized carbons (Fsp3) is 0.100. The van der Waals surface area contributed by atoms with Crippen LogP contribution in [0.25, 0.3) is 0 Å². The van der Waals surface area contributed by atoms with Crippen molar-refractivity contribution in [2.75, 3.05) is 0 Å². The van der Waals surface area contributed by atoms with Gasteiger partial charge in [-0.1, -0.05) is 98.9 Å². The third kappa shape index (κ3) is 2.41. The molecule has 102 valence electrons. The van der Waals surface area contributed by atoms with E-state index in [-0.39, 0.29) is 7.92 Å². The average Bonchev–Trinajstić information content (AvgIpc) is 3.33. The Hall–Kier alpha value is -1.91. The molecular formula is C20H17P. The summed E-state index contributed by atoms with van der Waals surface area (Å²) in [4.78, 5) is 0. The molecule has 0 spiro atoms. The minimum absolute atomic E-state index is 0.125. The SMILES string of the molecule is c1ccc([C@@H]2[C@@H](c3ccccc3)P2c2ccccc2)cc1. The Labute approximate surface area is 127 Å². The summed E-state index contributed by atoms with van der Waals surface area (Å²) < 4.78 is 0. The van der Waals surface area contributed by atoms with Gasteiger partial charge in [-0.15, -0.1) is 0 Å². The van der Waals surface area contributed by atoms with Crippen LogP contribution in [0.3, 0.4) is 0 Å². The zero-order valence-corrected chi connectivity index (χ0v) is 12.7. The monoisotopic (exact) mass is 288 g/mol. The van der Waals surface area contributed by atoms with E-state index in [0.29, 0.717) is 11.3 Å². The van der Waals surface area contributed by atoms with Gasteiger partial charge in [0.15, 0.2) is 0 Å². The molecule has 1 heterocycles. The molecule has 1 fully saturated rings. The van der Waals surface area contributed by atoms with Gasteiger partial charge in [-0.25, -0.2) is 0 Å². The van der Waals surface area contributed by atoms with Crippen molar-refractivity contribution in [2.45, 2.75) is 11.3 Å². The zero-order chi connectivity index (χ0) is 14.1. The molecule has 0 aliphatic carbocycles. The molecule has 3 aromatic carbocycles. The Bertz CT molecular complexity index is 597. The molecule has 0 bridgehead atoms. The van der Waals surface area contributed by atoms with E-state index >= 15 is 0 Å². The van der Waals surface area contributed by atoms with E-state index in [1.165, 1.54) is 16.4 Å². The van der Waals surface area contributed by atoms with Crippen LogP contribution in [0, 0.1) is 0 Å². The molecule has 0 saturated carbocycles. The Balaban J connectivity index is 1.74. The van der Waals surface area contributed by atoms with Crippen molar-refractivity contribution in [1.82, 2.24) is 0 Å². The van der Waals surface area contributed by atoms with Crippen LogP contribution in [0.5, 0.6) is 0 Å². The second-order valence-electron chi connectivity index (χ2n) is 5.45. The number of rotatable bonds is 3. The highest BCUT2D eigenvalue weighted by molar-refractivity contribution is 7.73. The Kier molecular flexibility index (Phi) is 3.33. The molecule has 1 heteroatoms. The molecular weight excluding hydrogens is 271 g/mol. The van der Waals surface area contributed by atoms with Crippen molar-refractivity contribution < 1.29 is 0 Å². The first-order chi connectivity index (χ1) is 10.4. The molecule has 0 nitrogen and oxygen atoms in total.